The number of anilines is 1. The number of hydrogen-bond acceptors (Lipinski definition) is 5. The summed E-state index contributed by atoms with van der Waals surface area (Å²) in [6.45, 7) is 3.71. The van der Waals surface area contributed by atoms with E-state index < -0.39 is 22.7 Å². The molecule has 1 saturated heterocycles. The van der Waals surface area contributed by atoms with Crippen LogP contribution in [0, 0.1) is 34.0 Å². The van der Waals surface area contributed by atoms with Crippen LogP contribution in [0.25, 0.3) is 11.1 Å². The van der Waals surface area contributed by atoms with Crippen molar-refractivity contribution >= 4 is 45.1 Å². The molecule has 0 N–H and O–H groups in total. The fourth-order valence-corrected chi connectivity index (χ4v) is 9.18. The first kappa shape index (κ1) is 23.3. The first-order valence-electron chi connectivity index (χ1n) is 13.2. The predicted octanol–water partition coefficient (Wildman–Crippen LogP) is 5.82. The van der Waals surface area contributed by atoms with Crippen LogP contribution in [-0.4, -0.2) is 17.6 Å². The van der Waals surface area contributed by atoms with Gasteiger partial charge in [-0.15, -0.1) is 11.3 Å². The molecule has 1 aliphatic heterocycles. The summed E-state index contributed by atoms with van der Waals surface area (Å²) < 4.78 is 0. The van der Waals surface area contributed by atoms with Crippen LogP contribution in [-0.2, 0) is 27.2 Å². The minimum Gasteiger partial charge on any atom is -0.298 e. The molecule has 1 aromatic heterocycles. The van der Waals surface area contributed by atoms with Gasteiger partial charge >= 0.3 is 0 Å². The summed E-state index contributed by atoms with van der Waals surface area (Å²) in [6, 6.07) is 21.9. The summed E-state index contributed by atoms with van der Waals surface area (Å²) in [6.07, 6.45) is 3.70. The summed E-state index contributed by atoms with van der Waals surface area (Å²) in [5.41, 5.74) is 2.61. The smallest absolute Gasteiger partial charge is 0.239 e. The third-order valence-corrected chi connectivity index (χ3v) is 10.7. The molecule has 2 fully saturated rings. The maximum Gasteiger partial charge on any atom is 0.239 e. The zero-order valence-corrected chi connectivity index (χ0v) is 22.1. The predicted molar refractivity (Wildman–Crippen MR) is 146 cm³/mol. The van der Waals surface area contributed by atoms with Crippen molar-refractivity contribution in [3.63, 3.8) is 0 Å². The molecule has 2 bridgehead atoms. The molecule has 6 heteroatoms. The van der Waals surface area contributed by atoms with E-state index >= 15 is 0 Å². The molecule has 5 nitrogen and oxygen atoms in total. The zero-order valence-electron chi connectivity index (χ0n) is 21.3. The molecular formula is C32H26N2O3S. The van der Waals surface area contributed by atoms with Crippen LogP contribution in [0.3, 0.4) is 0 Å². The second-order valence-corrected chi connectivity index (χ2v) is 12.3. The van der Waals surface area contributed by atoms with Crippen molar-refractivity contribution in [1.82, 2.24) is 0 Å². The lowest BCUT2D eigenvalue weighted by molar-refractivity contribution is -0.133. The largest absolute Gasteiger partial charge is 0.298 e. The normalized spacial score (nSPS) is 29.6. The van der Waals surface area contributed by atoms with Gasteiger partial charge in [-0.3, -0.25) is 14.4 Å². The number of allylic oxidation sites excluding steroid dienone is 2. The molecule has 3 aliphatic carbocycles. The van der Waals surface area contributed by atoms with E-state index in [2.05, 4.69) is 6.07 Å². The highest BCUT2D eigenvalue weighted by atomic mass is 32.1. The number of rotatable bonds is 3. The summed E-state index contributed by atoms with van der Waals surface area (Å²) in [7, 11) is 0. The van der Waals surface area contributed by atoms with E-state index in [9.17, 15) is 19.6 Å². The van der Waals surface area contributed by atoms with Gasteiger partial charge in [-0.25, -0.2) is 4.90 Å². The lowest BCUT2D eigenvalue weighted by atomic mass is 9.63. The Hall–Kier alpha value is -3.82. The number of hydrogen-bond donors (Lipinski definition) is 0. The molecule has 1 saturated carbocycles. The molecule has 2 heterocycles. The quantitative estimate of drug-likeness (QED) is 0.409. The molecular weight excluding hydrogens is 492 g/mol. The molecule has 3 aromatic rings. The maximum atomic E-state index is 14.4. The average molecular weight is 519 g/mol. The van der Waals surface area contributed by atoms with Crippen molar-refractivity contribution in [2.24, 2.45) is 22.7 Å². The average Bonchev–Trinajstić information content (AvgIpc) is 3.55. The number of aryl methyl sites for hydroxylation is 1. The lowest BCUT2D eigenvalue weighted by Crippen LogP contribution is -2.40. The molecule has 2 amide bonds. The number of ketones is 1. The van der Waals surface area contributed by atoms with Crippen molar-refractivity contribution in [3.05, 3.63) is 87.8 Å². The molecule has 4 aliphatic rings. The Kier molecular flexibility index (Phi) is 4.81. The number of carbonyl (C=O) groups is 3. The minimum atomic E-state index is -1.16. The van der Waals surface area contributed by atoms with Crippen LogP contribution in [0.5, 0.6) is 0 Å². The lowest BCUT2D eigenvalue weighted by Gasteiger charge is -2.35. The molecule has 4 atom stereocenters. The van der Waals surface area contributed by atoms with Crippen molar-refractivity contribution < 1.29 is 14.4 Å². The number of imide groups is 1. The Morgan fingerprint density at radius 3 is 1.82 bits per heavy atom. The van der Waals surface area contributed by atoms with Gasteiger partial charge in [0.05, 0.1) is 28.2 Å². The first-order chi connectivity index (χ1) is 18.3. The van der Waals surface area contributed by atoms with Gasteiger partial charge in [0.1, 0.15) is 11.1 Å². The van der Waals surface area contributed by atoms with Crippen LogP contribution in [0.1, 0.15) is 53.8 Å². The third-order valence-electron chi connectivity index (χ3n) is 9.37. The van der Waals surface area contributed by atoms with Gasteiger partial charge in [0, 0.05) is 4.88 Å². The number of Topliss-reactive ketones (excluding diaryl/α,β-unsaturated/α-hetero) is 1. The number of nitriles is 1. The second-order valence-electron chi connectivity index (χ2n) is 11.2. The van der Waals surface area contributed by atoms with Gasteiger partial charge in [0.25, 0.3) is 0 Å². The highest BCUT2D eigenvalue weighted by molar-refractivity contribution is 7.17. The van der Waals surface area contributed by atoms with Gasteiger partial charge in [0.2, 0.25) is 11.8 Å². The van der Waals surface area contributed by atoms with Crippen LogP contribution in [0.15, 0.2) is 60.7 Å². The van der Waals surface area contributed by atoms with E-state index in [-0.39, 0.29) is 17.6 Å². The number of amides is 2. The molecule has 0 radical (unpaired) electrons. The Morgan fingerprint density at radius 2 is 1.32 bits per heavy atom. The Morgan fingerprint density at radius 1 is 0.816 bits per heavy atom. The molecule has 2 aromatic carbocycles. The highest BCUT2D eigenvalue weighted by Gasteiger charge is 2.79. The minimum absolute atomic E-state index is 0.0648. The molecule has 0 spiro atoms. The van der Waals surface area contributed by atoms with Crippen LogP contribution in [0.4, 0.5) is 5.00 Å². The van der Waals surface area contributed by atoms with Crippen molar-refractivity contribution in [2.45, 2.75) is 39.5 Å². The monoisotopic (exact) mass is 518 g/mol. The Bertz CT molecular complexity index is 1550. The molecule has 188 valence electrons. The van der Waals surface area contributed by atoms with Gasteiger partial charge < -0.3 is 0 Å². The Labute approximate surface area is 225 Å². The van der Waals surface area contributed by atoms with Crippen molar-refractivity contribution in [2.75, 3.05) is 4.90 Å². The fourth-order valence-electron chi connectivity index (χ4n) is 7.83. The highest BCUT2D eigenvalue weighted by Crippen LogP contribution is 2.73. The standard InChI is InChI=1S/C32H26N2O3S/c1-31-23(18-11-5-3-6-12-18)24(19-13-7-4-8-14-19)32(2,30(31)37)26-25(31)27(35)34(28(26)36)29-21(17-33)20-15-9-10-16-22(20)38-29/h3-8,11-14,25-26H,9-10,15-16H2,1-2H3/t25-,26-,31-,32-/m0/s1. The van der Waals surface area contributed by atoms with E-state index in [4.69, 9.17) is 0 Å². The Balaban J connectivity index is 1.46. The third kappa shape index (κ3) is 2.62. The fraction of sp³-hybridized carbons (Fsp3) is 0.312. The molecule has 38 heavy (non-hydrogen) atoms. The molecule has 7 rings (SSSR count). The maximum absolute atomic E-state index is 14.4. The number of carbonyl (C=O) groups excluding carboxylic acids is 3. The number of thiophene rings is 1. The van der Waals surface area contributed by atoms with E-state index in [0.29, 0.717) is 10.6 Å². The van der Waals surface area contributed by atoms with Crippen LogP contribution in [0.2, 0.25) is 0 Å². The topological polar surface area (TPSA) is 78.2 Å². The van der Waals surface area contributed by atoms with Gasteiger partial charge in [-0.05, 0) is 67.4 Å². The summed E-state index contributed by atoms with van der Waals surface area (Å²) >= 11 is 1.41. The van der Waals surface area contributed by atoms with Crippen molar-refractivity contribution in [1.29, 1.82) is 5.26 Å². The summed E-state index contributed by atoms with van der Waals surface area (Å²) in [5.74, 6) is -2.38. The number of nitrogens with zero attached hydrogens (tertiary/aromatic N) is 2. The summed E-state index contributed by atoms with van der Waals surface area (Å²) in [5, 5.41) is 10.5. The van der Waals surface area contributed by atoms with Gasteiger partial charge in [-0.2, -0.15) is 5.26 Å². The van der Waals surface area contributed by atoms with Gasteiger partial charge in [0.15, 0.2) is 5.78 Å². The first-order valence-corrected chi connectivity index (χ1v) is 14.0. The molecule has 0 unspecified atom stereocenters. The van der Waals surface area contributed by atoms with Crippen LogP contribution >= 0.6 is 11.3 Å². The van der Waals surface area contributed by atoms with E-state index in [0.717, 1.165) is 58.4 Å². The van der Waals surface area contributed by atoms with Gasteiger partial charge in [-0.1, -0.05) is 60.7 Å². The van der Waals surface area contributed by atoms with Crippen LogP contribution < -0.4 is 4.90 Å². The van der Waals surface area contributed by atoms with E-state index in [1.807, 2.05) is 74.5 Å². The van der Waals surface area contributed by atoms with E-state index in [1.54, 1.807) is 0 Å². The summed E-state index contributed by atoms with van der Waals surface area (Å²) in [4.78, 5) is 45.4. The SMILES string of the molecule is C[C@]12C(=O)[C@@](C)(C(c3ccccc3)=C1c1ccccc1)[C@@H]1C(=O)N(c3sc4c(c3C#N)CCCC4)C(=O)[C@H]12. The number of benzene rings is 2. The second kappa shape index (κ2) is 7.85. The van der Waals surface area contributed by atoms with Crippen molar-refractivity contribution in [3.8, 4) is 6.07 Å². The number of fused-ring (bicyclic) bond motifs is 6. The zero-order chi connectivity index (χ0) is 26.4. The van der Waals surface area contributed by atoms with E-state index in [1.165, 1.54) is 16.2 Å².